The van der Waals surface area contributed by atoms with Gasteiger partial charge in [-0.2, -0.15) is 0 Å². The molecule has 2 aromatic heterocycles. The van der Waals surface area contributed by atoms with E-state index >= 15 is 0 Å². The smallest absolute Gasteiger partial charge is 0.320 e. The number of urea groups is 1. The molecule has 0 aromatic carbocycles. The van der Waals surface area contributed by atoms with E-state index in [1.54, 1.807) is 23.5 Å². The first-order chi connectivity index (χ1) is 10.7. The molecule has 0 atom stereocenters. The molecule has 0 spiro atoms. The predicted molar refractivity (Wildman–Crippen MR) is 88.8 cm³/mol. The topological polar surface area (TPSA) is 70.2 Å². The van der Waals surface area contributed by atoms with Crippen molar-refractivity contribution >= 4 is 39.9 Å². The van der Waals surface area contributed by atoms with Crippen molar-refractivity contribution in [2.45, 2.75) is 18.9 Å². The summed E-state index contributed by atoms with van der Waals surface area (Å²) in [5.41, 5.74) is 0. The highest BCUT2D eigenvalue weighted by atomic mass is 35.5. The molecule has 0 bridgehead atoms. The van der Waals surface area contributed by atoms with Gasteiger partial charge in [-0.25, -0.2) is 14.8 Å². The summed E-state index contributed by atoms with van der Waals surface area (Å²) in [6.45, 7) is 1.80. The van der Waals surface area contributed by atoms with Crippen molar-refractivity contribution in [1.29, 1.82) is 0 Å². The van der Waals surface area contributed by atoms with Crippen LogP contribution in [0, 0.1) is 0 Å². The molecule has 116 valence electrons. The molecular formula is C14H16ClN5OS. The van der Waals surface area contributed by atoms with Gasteiger partial charge in [0.15, 0.2) is 5.13 Å². The Balaban J connectivity index is 1.46. The van der Waals surface area contributed by atoms with Crippen LogP contribution in [-0.4, -0.2) is 35.1 Å². The maximum absolute atomic E-state index is 12.0. The third-order valence-electron chi connectivity index (χ3n) is 3.49. The highest BCUT2D eigenvalue weighted by Crippen LogP contribution is 2.22. The number of aromatic nitrogens is 2. The Morgan fingerprint density at radius 2 is 2.14 bits per heavy atom. The number of anilines is 2. The third kappa shape index (κ3) is 3.86. The first-order valence-electron chi connectivity index (χ1n) is 7.04. The molecule has 0 aliphatic carbocycles. The summed E-state index contributed by atoms with van der Waals surface area (Å²) in [6.07, 6.45) is 5.13. The molecule has 3 rings (SSSR count). The number of thiazole rings is 1. The molecule has 2 N–H and O–H groups in total. The lowest BCUT2D eigenvalue weighted by Crippen LogP contribution is -2.46. The van der Waals surface area contributed by atoms with Gasteiger partial charge in [0.2, 0.25) is 0 Å². The van der Waals surface area contributed by atoms with Crippen LogP contribution in [0.2, 0.25) is 5.02 Å². The minimum atomic E-state index is -0.234. The van der Waals surface area contributed by atoms with Crippen LogP contribution in [-0.2, 0) is 0 Å². The highest BCUT2D eigenvalue weighted by molar-refractivity contribution is 7.13. The van der Waals surface area contributed by atoms with E-state index in [0.717, 1.165) is 31.1 Å². The first-order valence-corrected chi connectivity index (χ1v) is 8.30. The van der Waals surface area contributed by atoms with Crippen LogP contribution in [0.5, 0.6) is 0 Å². The summed E-state index contributed by atoms with van der Waals surface area (Å²) in [6, 6.07) is 3.30. The standard InChI is InChI=1S/C14H16ClN5OS/c15-10-1-2-12(17-9-10)19-13(21)18-11-3-6-20(7-4-11)14-16-5-8-22-14/h1-2,5,8-9,11H,3-4,6-7H2,(H2,17,18,19,21). The Morgan fingerprint density at radius 1 is 1.32 bits per heavy atom. The lowest BCUT2D eigenvalue weighted by atomic mass is 10.1. The molecular weight excluding hydrogens is 322 g/mol. The second-order valence-corrected chi connectivity index (χ2v) is 6.35. The Bertz CT molecular complexity index is 611. The van der Waals surface area contributed by atoms with Crippen LogP contribution in [0.1, 0.15) is 12.8 Å². The largest absolute Gasteiger partial charge is 0.348 e. The number of carbonyl (C=O) groups is 1. The van der Waals surface area contributed by atoms with Gasteiger partial charge >= 0.3 is 6.03 Å². The minimum Gasteiger partial charge on any atom is -0.348 e. The number of hydrogen-bond donors (Lipinski definition) is 2. The van der Waals surface area contributed by atoms with Gasteiger partial charge in [-0.3, -0.25) is 5.32 Å². The van der Waals surface area contributed by atoms with Gasteiger partial charge in [0.1, 0.15) is 5.82 Å². The van der Waals surface area contributed by atoms with Crippen LogP contribution in [0.15, 0.2) is 29.9 Å². The zero-order valence-electron chi connectivity index (χ0n) is 11.8. The van der Waals surface area contributed by atoms with Gasteiger partial charge in [-0.15, -0.1) is 11.3 Å². The molecule has 0 unspecified atom stereocenters. The number of hydrogen-bond acceptors (Lipinski definition) is 5. The van der Waals surface area contributed by atoms with Crippen molar-refractivity contribution in [3.8, 4) is 0 Å². The zero-order valence-corrected chi connectivity index (χ0v) is 13.4. The van der Waals surface area contributed by atoms with Crippen molar-refractivity contribution in [2.75, 3.05) is 23.3 Å². The fraction of sp³-hybridized carbons (Fsp3) is 0.357. The van der Waals surface area contributed by atoms with Crippen LogP contribution >= 0.6 is 22.9 Å². The number of piperidine rings is 1. The quantitative estimate of drug-likeness (QED) is 0.903. The summed E-state index contributed by atoms with van der Waals surface area (Å²) in [4.78, 5) is 22.6. The number of carbonyl (C=O) groups excluding carboxylic acids is 1. The molecule has 22 heavy (non-hydrogen) atoms. The van der Waals surface area contributed by atoms with E-state index in [1.807, 2.05) is 11.6 Å². The van der Waals surface area contributed by atoms with Crippen molar-refractivity contribution in [3.05, 3.63) is 34.9 Å². The Morgan fingerprint density at radius 3 is 2.77 bits per heavy atom. The molecule has 6 nitrogen and oxygen atoms in total. The molecule has 2 aromatic rings. The van der Waals surface area contributed by atoms with Crippen LogP contribution in [0.25, 0.3) is 0 Å². The fourth-order valence-corrected chi connectivity index (χ4v) is 3.18. The van der Waals surface area contributed by atoms with E-state index in [2.05, 4.69) is 25.5 Å². The second-order valence-electron chi connectivity index (χ2n) is 5.04. The monoisotopic (exact) mass is 337 g/mol. The molecule has 1 fully saturated rings. The number of amides is 2. The molecule has 2 amide bonds. The number of nitrogens with one attached hydrogen (secondary N) is 2. The van der Waals surface area contributed by atoms with Crippen LogP contribution in [0.3, 0.4) is 0 Å². The van der Waals surface area contributed by atoms with E-state index in [1.165, 1.54) is 6.20 Å². The maximum atomic E-state index is 12.0. The summed E-state index contributed by atoms with van der Waals surface area (Å²) >= 11 is 7.40. The zero-order chi connectivity index (χ0) is 15.4. The molecule has 0 saturated carbocycles. The maximum Gasteiger partial charge on any atom is 0.320 e. The van der Waals surface area contributed by atoms with Gasteiger partial charge in [0.05, 0.1) is 5.02 Å². The van der Waals surface area contributed by atoms with Gasteiger partial charge < -0.3 is 10.2 Å². The van der Waals surface area contributed by atoms with Crippen molar-refractivity contribution < 1.29 is 4.79 Å². The van der Waals surface area contributed by atoms with Gasteiger partial charge in [-0.1, -0.05) is 11.6 Å². The number of nitrogens with zero attached hydrogens (tertiary/aromatic N) is 3. The summed E-state index contributed by atoms with van der Waals surface area (Å²) in [5.74, 6) is 0.488. The molecule has 1 aliphatic heterocycles. The van der Waals surface area contributed by atoms with Crippen molar-refractivity contribution in [3.63, 3.8) is 0 Å². The van der Waals surface area contributed by atoms with E-state index in [9.17, 15) is 4.79 Å². The Kier molecular flexibility index (Phi) is 4.74. The molecule has 1 saturated heterocycles. The van der Waals surface area contributed by atoms with E-state index in [0.29, 0.717) is 10.8 Å². The summed E-state index contributed by atoms with van der Waals surface area (Å²) in [5, 5.41) is 9.26. The average molecular weight is 338 g/mol. The van der Waals surface area contributed by atoms with E-state index < -0.39 is 0 Å². The van der Waals surface area contributed by atoms with Gasteiger partial charge in [0.25, 0.3) is 0 Å². The van der Waals surface area contributed by atoms with Gasteiger partial charge in [0, 0.05) is 36.9 Å². The third-order valence-corrected chi connectivity index (χ3v) is 4.54. The average Bonchev–Trinajstić information content (AvgIpc) is 3.05. The highest BCUT2D eigenvalue weighted by Gasteiger charge is 2.22. The number of halogens is 1. The van der Waals surface area contributed by atoms with E-state index in [-0.39, 0.29) is 12.1 Å². The minimum absolute atomic E-state index is 0.170. The fourth-order valence-electron chi connectivity index (χ4n) is 2.37. The predicted octanol–water partition coefficient (Wildman–Crippen LogP) is 2.98. The molecule has 0 radical (unpaired) electrons. The van der Waals surface area contributed by atoms with Crippen LogP contribution in [0.4, 0.5) is 15.7 Å². The van der Waals surface area contributed by atoms with Gasteiger partial charge in [-0.05, 0) is 25.0 Å². The molecule has 8 heteroatoms. The second kappa shape index (κ2) is 6.93. The van der Waals surface area contributed by atoms with E-state index in [4.69, 9.17) is 11.6 Å². The summed E-state index contributed by atoms with van der Waals surface area (Å²) in [7, 11) is 0. The molecule has 3 heterocycles. The lowest BCUT2D eigenvalue weighted by Gasteiger charge is -2.32. The van der Waals surface area contributed by atoms with Crippen LogP contribution < -0.4 is 15.5 Å². The number of rotatable bonds is 3. The SMILES string of the molecule is O=C(Nc1ccc(Cl)cn1)NC1CCN(c2nccs2)CC1. The Labute approximate surface area is 137 Å². The van der Waals surface area contributed by atoms with Crippen molar-refractivity contribution in [1.82, 2.24) is 15.3 Å². The Hall–Kier alpha value is -1.86. The normalized spacial score (nSPS) is 15.6. The molecule has 1 aliphatic rings. The lowest BCUT2D eigenvalue weighted by molar-refractivity contribution is 0.246. The number of pyridine rings is 1. The first kappa shape index (κ1) is 15.1. The van der Waals surface area contributed by atoms with Crippen molar-refractivity contribution in [2.24, 2.45) is 0 Å². The summed E-state index contributed by atoms with van der Waals surface area (Å²) < 4.78 is 0.